The molecular formula is C11H8BrF2N3O. The summed E-state index contributed by atoms with van der Waals surface area (Å²) in [5.74, 6) is -1.26. The van der Waals surface area contributed by atoms with Crippen LogP contribution in [0, 0.1) is 11.6 Å². The van der Waals surface area contributed by atoms with Crippen molar-refractivity contribution in [1.29, 1.82) is 0 Å². The Kier molecular flexibility index (Phi) is 3.71. The second-order valence-electron chi connectivity index (χ2n) is 3.42. The Bertz CT molecular complexity index is 540. The molecule has 0 saturated carbocycles. The van der Waals surface area contributed by atoms with Crippen molar-refractivity contribution >= 4 is 21.7 Å². The quantitative estimate of drug-likeness (QED) is 0.946. The van der Waals surface area contributed by atoms with Crippen LogP contribution < -0.4 is 10.5 Å². The third-order valence-corrected chi connectivity index (χ3v) is 2.64. The molecule has 0 spiro atoms. The molecule has 0 bridgehead atoms. The van der Waals surface area contributed by atoms with Gasteiger partial charge in [0.25, 0.3) is 0 Å². The number of nitrogens with zero attached hydrogens (tertiary/aromatic N) is 2. The van der Waals surface area contributed by atoms with Crippen LogP contribution in [0.3, 0.4) is 0 Å². The maximum Gasteiger partial charge on any atom is 0.169 e. The third-order valence-electron chi connectivity index (χ3n) is 2.05. The van der Waals surface area contributed by atoms with Crippen molar-refractivity contribution in [2.24, 2.45) is 0 Å². The normalized spacial score (nSPS) is 10.4. The van der Waals surface area contributed by atoms with Crippen LogP contribution in [0.4, 0.5) is 14.6 Å². The van der Waals surface area contributed by atoms with Crippen molar-refractivity contribution in [3.63, 3.8) is 0 Å². The average molecular weight is 316 g/mol. The molecule has 0 fully saturated rings. The highest BCUT2D eigenvalue weighted by Gasteiger charge is 2.11. The lowest BCUT2D eigenvalue weighted by atomic mass is 10.3. The van der Waals surface area contributed by atoms with Crippen molar-refractivity contribution in [3.05, 3.63) is 46.3 Å². The van der Waals surface area contributed by atoms with Gasteiger partial charge in [-0.2, -0.15) is 0 Å². The maximum atomic E-state index is 13.4. The van der Waals surface area contributed by atoms with Gasteiger partial charge in [-0.1, -0.05) is 0 Å². The molecule has 0 aliphatic heterocycles. The topological polar surface area (TPSA) is 61.0 Å². The molecule has 0 atom stereocenters. The number of hydrogen-bond donors (Lipinski definition) is 1. The van der Waals surface area contributed by atoms with Gasteiger partial charge in [-0.05, 0) is 22.0 Å². The van der Waals surface area contributed by atoms with Crippen molar-refractivity contribution in [1.82, 2.24) is 9.97 Å². The zero-order valence-electron chi connectivity index (χ0n) is 9.03. The van der Waals surface area contributed by atoms with E-state index < -0.39 is 11.6 Å². The Morgan fingerprint density at radius 3 is 2.61 bits per heavy atom. The lowest BCUT2D eigenvalue weighted by molar-refractivity contribution is 0.282. The highest BCUT2D eigenvalue weighted by atomic mass is 79.9. The third kappa shape index (κ3) is 2.92. The van der Waals surface area contributed by atoms with Gasteiger partial charge in [-0.3, -0.25) is 4.98 Å². The smallest absolute Gasteiger partial charge is 0.169 e. The van der Waals surface area contributed by atoms with Gasteiger partial charge >= 0.3 is 0 Å². The van der Waals surface area contributed by atoms with E-state index in [2.05, 4.69) is 25.9 Å². The molecule has 2 N–H and O–H groups in total. The Morgan fingerprint density at radius 1 is 1.22 bits per heavy atom. The van der Waals surface area contributed by atoms with Crippen LogP contribution in [0.25, 0.3) is 0 Å². The van der Waals surface area contributed by atoms with Crippen molar-refractivity contribution in [2.45, 2.75) is 6.61 Å². The molecule has 0 saturated heterocycles. The van der Waals surface area contributed by atoms with Gasteiger partial charge in [0, 0.05) is 6.07 Å². The standard InChI is InChI=1S/C11H8BrF2N3O/c12-8-1-6(13)2-9(14)11(8)18-5-7-3-17-10(15)4-16-7/h1-4H,5H2,(H2,15,17). The molecule has 0 radical (unpaired) electrons. The molecule has 1 aromatic carbocycles. The first-order valence-corrected chi connectivity index (χ1v) is 5.69. The number of benzene rings is 1. The number of nitrogens with two attached hydrogens (primary N) is 1. The zero-order chi connectivity index (χ0) is 13.1. The van der Waals surface area contributed by atoms with E-state index in [-0.39, 0.29) is 22.6 Å². The molecule has 0 amide bonds. The van der Waals surface area contributed by atoms with Gasteiger partial charge in [-0.25, -0.2) is 13.8 Å². The van der Waals surface area contributed by atoms with E-state index in [0.29, 0.717) is 5.69 Å². The summed E-state index contributed by atoms with van der Waals surface area (Å²) in [7, 11) is 0. The fraction of sp³-hybridized carbons (Fsp3) is 0.0909. The summed E-state index contributed by atoms with van der Waals surface area (Å²) < 4.78 is 31.7. The lowest BCUT2D eigenvalue weighted by Gasteiger charge is -2.08. The number of hydrogen-bond acceptors (Lipinski definition) is 4. The second-order valence-corrected chi connectivity index (χ2v) is 4.27. The minimum Gasteiger partial charge on any atom is -0.483 e. The molecular weight excluding hydrogens is 308 g/mol. The van der Waals surface area contributed by atoms with Crippen molar-refractivity contribution in [2.75, 3.05) is 5.73 Å². The van der Waals surface area contributed by atoms with E-state index in [1.807, 2.05) is 0 Å². The van der Waals surface area contributed by atoms with E-state index in [4.69, 9.17) is 10.5 Å². The predicted molar refractivity (Wildman–Crippen MR) is 64.8 cm³/mol. The average Bonchev–Trinajstić information content (AvgIpc) is 2.30. The molecule has 7 heteroatoms. The number of halogens is 3. The molecule has 18 heavy (non-hydrogen) atoms. The van der Waals surface area contributed by atoms with Gasteiger partial charge < -0.3 is 10.5 Å². The van der Waals surface area contributed by atoms with Crippen LogP contribution in [0.1, 0.15) is 5.69 Å². The molecule has 0 aliphatic rings. The number of ether oxygens (including phenoxy) is 1. The van der Waals surface area contributed by atoms with Crippen molar-refractivity contribution in [3.8, 4) is 5.75 Å². The summed E-state index contributed by atoms with van der Waals surface area (Å²) in [5, 5.41) is 0. The van der Waals surface area contributed by atoms with Gasteiger partial charge in [0.15, 0.2) is 11.6 Å². The highest BCUT2D eigenvalue weighted by molar-refractivity contribution is 9.10. The van der Waals surface area contributed by atoms with Crippen LogP contribution in [0.5, 0.6) is 5.75 Å². The molecule has 0 aliphatic carbocycles. The Hall–Kier alpha value is -1.76. The zero-order valence-corrected chi connectivity index (χ0v) is 10.6. The van der Waals surface area contributed by atoms with Crippen LogP contribution >= 0.6 is 15.9 Å². The number of anilines is 1. The first-order valence-electron chi connectivity index (χ1n) is 4.90. The lowest BCUT2D eigenvalue weighted by Crippen LogP contribution is -2.02. The molecule has 1 aromatic heterocycles. The van der Waals surface area contributed by atoms with E-state index in [0.717, 1.165) is 12.1 Å². The molecule has 94 valence electrons. The second kappa shape index (κ2) is 5.26. The minimum atomic E-state index is -0.787. The summed E-state index contributed by atoms with van der Waals surface area (Å²) in [6.07, 6.45) is 2.79. The molecule has 2 rings (SSSR count). The minimum absolute atomic E-state index is 0.00837. The Balaban J connectivity index is 2.13. The van der Waals surface area contributed by atoms with Crippen LogP contribution in [-0.4, -0.2) is 9.97 Å². The maximum absolute atomic E-state index is 13.4. The van der Waals surface area contributed by atoms with Crippen LogP contribution in [-0.2, 0) is 6.61 Å². The van der Waals surface area contributed by atoms with Gasteiger partial charge in [-0.15, -0.1) is 0 Å². The summed E-state index contributed by atoms with van der Waals surface area (Å²) in [6, 6.07) is 1.86. The van der Waals surface area contributed by atoms with E-state index >= 15 is 0 Å². The monoisotopic (exact) mass is 315 g/mol. The van der Waals surface area contributed by atoms with E-state index in [9.17, 15) is 8.78 Å². The van der Waals surface area contributed by atoms with E-state index in [1.54, 1.807) is 0 Å². The van der Waals surface area contributed by atoms with Gasteiger partial charge in [0.05, 0.1) is 22.6 Å². The number of aromatic nitrogens is 2. The number of nitrogen functional groups attached to an aromatic ring is 1. The fourth-order valence-corrected chi connectivity index (χ4v) is 1.77. The van der Waals surface area contributed by atoms with Gasteiger partial charge in [0.2, 0.25) is 0 Å². The fourth-order valence-electron chi connectivity index (χ4n) is 1.25. The summed E-state index contributed by atoms with van der Waals surface area (Å²) in [4.78, 5) is 7.77. The number of rotatable bonds is 3. The first-order chi connectivity index (χ1) is 8.56. The summed E-state index contributed by atoms with van der Waals surface area (Å²) in [5.41, 5.74) is 5.86. The Labute approximate surface area is 110 Å². The highest BCUT2D eigenvalue weighted by Crippen LogP contribution is 2.29. The van der Waals surface area contributed by atoms with Gasteiger partial charge in [0.1, 0.15) is 18.2 Å². The summed E-state index contributed by atoms with van der Waals surface area (Å²) in [6.45, 7) is 0.00837. The molecule has 0 unspecified atom stereocenters. The summed E-state index contributed by atoms with van der Waals surface area (Å²) >= 11 is 3.02. The van der Waals surface area contributed by atoms with E-state index in [1.165, 1.54) is 12.4 Å². The Morgan fingerprint density at radius 2 is 2.00 bits per heavy atom. The molecule has 1 heterocycles. The van der Waals surface area contributed by atoms with Crippen molar-refractivity contribution < 1.29 is 13.5 Å². The molecule has 4 nitrogen and oxygen atoms in total. The first kappa shape index (κ1) is 12.7. The SMILES string of the molecule is Nc1cnc(COc2c(F)cc(F)cc2Br)cn1. The predicted octanol–water partition coefficient (Wildman–Crippen LogP) is 2.68. The van der Waals surface area contributed by atoms with Crippen LogP contribution in [0.2, 0.25) is 0 Å². The molecule has 2 aromatic rings. The largest absolute Gasteiger partial charge is 0.483 e. The van der Waals surface area contributed by atoms with Crippen LogP contribution in [0.15, 0.2) is 29.0 Å².